The van der Waals surface area contributed by atoms with Crippen LogP contribution >= 0.6 is 0 Å². The number of aryl methyl sites for hydroxylation is 2. The molecule has 0 saturated heterocycles. The zero-order chi connectivity index (χ0) is 15.9. The molecule has 0 radical (unpaired) electrons. The van der Waals surface area contributed by atoms with E-state index in [4.69, 9.17) is 0 Å². The number of hydrogen-bond donors (Lipinski definition) is 1. The molecule has 0 spiro atoms. The third-order valence-electron chi connectivity index (χ3n) is 3.77. The molecule has 2 rings (SSSR count). The summed E-state index contributed by atoms with van der Waals surface area (Å²) in [7, 11) is 4.13. The van der Waals surface area contributed by atoms with Crippen LogP contribution in [0.25, 0.3) is 5.65 Å². The Bertz CT molecular complexity index is 618. The van der Waals surface area contributed by atoms with Crippen LogP contribution in [0.3, 0.4) is 0 Å². The van der Waals surface area contributed by atoms with Crippen molar-refractivity contribution in [3.8, 4) is 0 Å². The molecule has 120 valence electrons. The molecule has 1 amide bonds. The quantitative estimate of drug-likeness (QED) is 0.759. The number of pyridine rings is 1. The van der Waals surface area contributed by atoms with E-state index in [1.165, 1.54) is 0 Å². The first-order chi connectivity index (χ1) is 10.6. The number of amides is 1. The van der Waals surface area contributed by atoms with Gasteiger partial charge in [0.2, 0.25) is 5.91 Å². The number of aromatic nitrogens is 2. The van der Waals surface area contributed by atoms with Crippen molar-refractivity contribution in [1.82, 2.24) is 19.6 Å². The van der Waals surface area contributed by atoms with E-state index in [-0.39, 0.29) is 5.91 Å². The molecule has 2 aromatic heterocycles. The van der Waals surface area contributed by atoms with Gasteiger partial charge in [-0.3, -0.25) is 4.79 Å². The zero-order valence-electron chi connectivity index (χ0n) is 13.8. The number of nitrogens with one attached hydrogen (secondary N) is 1. The summed E-state index contributed by atoms with van der Waals surface area (Å²) < 4.78 is 2.07. The summed E-state index contributed by atoms with van der Waals surface area (Å²) in [6.45, 7) is 3.83. The molecule has 0 unspecified atom stereocenters. The maximum Gasteiger partial charge on any atom is 0.220 e. The van der Waals surface area contributed by atoms with Crippen molar-refractivity contribution in [2.75, 3.05) is 27.2 Å². The molecule has 1 N–H and O–H groups in total. The van der Waals surface area contributed by atoms with Crippen molar-refractivity contribution < 1.29 is 4.79 Å². The second kappa shape index (κ2) is 7.94. The number of unbranched alkanes of at least 4 members (excludes halogenated alkanes) is 1. The first-order valence-electron chi connectivity index (χ1n) is 7.92. The fourth-order valence-electron chi connectivity index (χ4n) is 2.57. The SMILES string of the molecule is Cc1nc2ccccn2c1CCC(=O)NCCCCN(C)C. The van der Waals surface area contributed by atoms with Gasteiger partial charge in [-0.25, -0.2) is 4.98 Å². The van der Waals surface area contributed by atoms with Gasteiger partial charge in [-0.1, -0.05) is 6.07 Å². The van der Waals surface area contributed by atoms with Gasteiger partial charge in [0.1, 0.15) is 5.65 Å². The van der Waals surface area contributed by atoms with Crippen LogP contribution in [-0.4, -0.2) is 47.4 Å². The molecule has 0 aliphatic carbocycles. The van der Waals surface area contributed by atoms with Gasteiger partial charge in [0.25, 0.3) is 0 Å². The normalized spacial score (nSPS) is 11.3. The van der Waals surface area contributed by atoms with Gasteiger partial charge in [-0.05, 0) is 59.0 Å². The molecule has 22 heavy (non-hydrogen) atoms. The van der Waals surface area contributed by atoms with Crippen LogP contribution in [0.1, 0.15) is 30.7 Å². The standard InChI is InChI=1S/C17H26N4O/c1-14-15(21-13-6-4-8-16(21)19-14)9-10-17(22)18-11-5-7-12-20(2)3/h4,6,8,13H,5,7,9-12H2,1-3H3,(H,18,22). The van der Waals surface area contributed by atoms with Crippen molar-refractivity contribution in [2.24, 2.45) is 0 Å². The van der Waals surface area contributed by atoms with Gasteiger partial charge in [0, 0.05) is 24.9 Å². The van der Waals surface area contributed by atoms with Gasteiger partial charge < -0.3 is 14.6 Å². The average Bonchev–Trinajstić information content (AvgIpc) is 2.80. The third-order valence-corrected chi connectivity index (χ3v) is 3.77. The maximum atomic E-state index is 11.9. The van der Waals surface area contributed by atoms with Crippen LogP contribution in [0.4, 0.5) is 0 Å². The van der Waals surface area contributed by atoms with E-state index in [9.17, 15) is 4.79 Å². The minimum atomic E-state index is 0.120. The number of carbonyl (C=O) groups is 1. The molecule has 0 aromatic carbocycles. The Hall–Kier alpha value is -1.88. The molecule has 5 heteroatoms. The number of fused-ring (bicyclic) bond motifs is 1. The van der Waals surface area contributed by atoms with Gasteiger partial charge in [-0.15, -0.1) is 0 Å². The Morgan fingerprint density at radius 3 is 2.91 bits per heavy atom. The second-order valence-corrected chi connectivity index (χ2v) is 5.93. The molecule has 2 heterocycles. The summed E-state index contributed by atoms with van der Waals surface area (Å²) in [6, 6.07) is 5.95. The fourth-order valence-corrected chi connectivity index (χ4v) is 2.57. The van der Waals surface area contributed by atoms with Crippen LogP contribution in [0.5, 0.6) is 0 Å². The first kappa shape index (κ1) is 16.5. The summed E-state index contributed by atoms with van der Waals surface area (Å²) in [5, 5.41) is 3.00. The Kier molecular flexibility index (Phi) is 5.95. The minimum Gasteiger partial charge on any atom is -0.356 e. The number of nitrogens with zero attached hydrogens (tertiary/aromatic N) is 3. The Balaban J connectivity index is 1.77. The predicted octanol–water partition coefficient (Wildman–Crippen LogP) is 2.03. The Morgan fingerprint density at radius 2 is 2.14 bits per heavy atom. The molecule has 0 bridgehead atoms. The van der Waals surface area contributed by atoms with E-state index >= 15 is 0 Å². The molecule has 0 atom stereocenters. The Labute approximate surface area is 132 Å². The lowest BCUT2D eigenvalue weighted by Crippen LogP contribution is -2.25. The van der Waals surface area contributed by atoms with Crippen molar-refractivity contribution in [3.05, 3.63) is 35.8 Å². The zero-order valence-corrected chi connectivity index (χ0v) is 13.8. The van der Waals surface area contributed by atoms with Crippen LogP contribution in [0.2, 0.25) is 0 Å². The van der Waals surface area contributed by atoms with Crippen molar-refractivity contribution in [2.45, 2.75) is 32.6 Å². The number of carbonyl (C=O) groups excluding carboxylic acids is 1. The molecular weight excluding hydrogens is 276 g/mol. The number of rotatable bonds is 8. The lowest BCUT2D eigenvalue weighted by molar-refractivity contribution is -0.121. The summed E-state index contributed by atoms with van der Waals surface area (Å²) in [4.78, 5) is 18.6. The molecule has 5 nitrogen and oxygen atoms in total. The van der Waals surface area contributed by atoms with E-state index in [0.717, 1.165) is 49.4 Å². The van der Waals surface area contributed by atoms with Gasteiger partial charge in [0.05, 0.1) is 5.69 Å². The summed E-state index contributed by atoms with van der Waals surface area (Å²) in [5.41, 5.74) is 3.07. The number of hydrogen-bond acceptors (Lipinski definition) is 3. The van der Waals surface area contributed by atoms with Gasteiger partial charge in [-0.2, -0.15) is 0 Å². The van der Waals surface area contributed by atoms with Crippen LogP contribution in [0.15, 0.2) is 24.4 Å². The molecular formula is C17H26N4O. The second-order valence-electron chi connectivity index (χ2n) is 5.93. The van der Waals surface area contributed by atoms with Crippen molar-refractivity contribution in [1.29, 1.82) is 0 Å². The lowest BCUT2D eigenvalue weighted by atomic mass is 10.2. The summed E-state index contributed by atoms with van der Waals surface area (Å²) >= 11 is 0. The number of imidazole rings is 1. The van der Waals surface area contributed by atoms with Crippen LogP contribution in [0, 0.1) is 6.92 Å². The smallest absolute Gasteiger partial charge is 0.220 e. The molecule has 0 aliphatic rings. The Morgan fingerprint density at radius 1 is 1.32 bits per heavy atom. The van der Waals surface area contributed by atoms with E-state index in [2.05, 4.69) is 33.7 Å². The topological polar surface area (TPSA) is 49.6 Å². The van der Waals surface area contributed by atoms with Gasteiger partial charge in [0.15, 0.2) is 0 Å². The highest BCUT2D eigenvalue weighted by molar-refractivity contribution is 5.76. The van der Waals surface area contributed by atoms with E-state index in [1.54, 1.807) is 0 Å². The third kappa shape index (κ3) is 4.56. The minimum absolute atomic E-state index is 0.120. The van der Waals surface area contributed by atoms with Crippen LogP contribution in [-0.2, 0) is 11.2 Å². The fraction of sp³-hybridized carbons (Fsp3) is 0.529. The largest absolute Gasteiger partial charge is 0.356 e. The highest BCUT2D eigenvalue weighted by Gasteiger charge is 2.10. The highest BCUT2D eigenvalue weighted by atomic mass is 16.1. The maximum absolute atomic E-state index is 11.9. The molecule has 0 saturated carbocycles. The summed E-state index contributed by atoms with van der Waals surface area (Å²) in [5.74, 6) is 0.120. The molecule has 2 aromatic rings. The van der Waals surface area contributed by atoms with E-state index < -0.39 is 0 Å². The van der Waals surface area contributed by atoms with E-state index in [0.29, 0.717) is 6.42 Å². The van der Waals surface area contributed by atoms with E-state index in [1.807, 2.05) is 31.3 Å². The predicted molar refractivity (Wildman–Crippen MR) is 89.0 cm³/mol. The highest BCUT2D eigenvalue weighted by Crippen LogP contribution is 2.13. The molecule has 0 aliphatic heterocycles. The first-order valence-corrected chi connectivity index (χ1v) is 7.92. The van der Waals surface area contributed by atoms with Gasteiger partial charge >= 0.3 is 0 Å². The van der Waals surface area contributed by atoms with Crippen molar-refractivity contribution >= 4 is 11.6 Å². The van der Waals surface area contributed by atoms with Crippen LogP contribution < -0.4 is 5.32 Å². The lowest BCUT2D eigenvalue weighted by Gasteiger charge is -2.09. The van der Waals surface area contributed by atoms with Crippen molar-refractivity contribution in [3.63, 3.8) is 0 Å². The average molecular weight is 302 g/mol. The summed E-state index contributed by atoms with van der Waals surface area (Å²) in [6.07, 6.45) is 5.37. The monoisotopic (exact) mass is 302 g/mol. The molecule has 0 fully saturated rings.